The van der Waals surface area contributed by atoms with Crippen LogP contribution in [0.1, 0.15) is 43.0 Å². The fraction of sp³-hybridized carbons (Fsp3) is 0.381. The SMILES string of the molecule is CCCn1c(Sc2ncc(C(=O)N3CCCCC3)cc2Cl)nnc1-c1ccncc1. The molecule has 156 valence electrons. The standard InChI is InChI=1S/C21H23ClN6OS/c1-2-10-28-18(15-6-8-23-9-7-15)25-26-21(28)30-19-17(22)13-16(14-24-19)20(29)27-11-4-3-5-12-27/h6-9,13-14H,2-5,10-12H2,1H3. The van der Waals surface area contributed by atoms with Crippen molar-refractivity contribution in [2.24, 2.45) is 0 Å². The first-order valence-corrected chi connectivity index (χ1v) is 11.3. The van der Waals surface area contributed by atoms with E-state index < -0.39 is 0 Å². The third-order valence-corrected chi connectivity index (χ3v) is 6.39. The number of rotatable bonds is 6. The molecule has 9 heteroatoms. The summed E-state index contributed by atoms with van der Waals surface area (Å²) in [6.45, 7) is 4.48. The Bertz CT molecular complexity index is 1020. The van der Waals surface area contributed by atoms with Crippen LogP contribution >= 0.6 is 23.4 Å². The molecule has 30 heavy (non-hydrogen) atoms. The Labute approximate surface area is 184 Å². The van der Waals surface area contributed by atoms with Gasteiger partial charge in [-0.15, -0.1) is 10.2 Å². The fourth-order valence-corrected chi connectivity index (χ4v) is 4.57. The monoisotopic (exact) mass is 442 g/mol. The minimum Gasteiger partial charge on any atom is -0.339 e. The molecule has 0 saturated carbocycles. The van der Waals surface area contributed by atoms with Gasteiger partial charge in [0.1, 0.15) is 5.03 Å². The van der Waals surface area contributed by atoms with Crippen molar-refractivity contribution in [3.63, 3.8) is 0 Å². The Hall–Kier alpha value is -2.45. The van der Waals surface area contributed by atoms with E-state index in [1.807, 2.05) is 17.0 Å². The van der Waals surface area contributed by atoms with Gasteiger partial charge in [0.2, 0.25) is 0 Å². The number of piperidine rings is 1. The predicted molar refractivity (Wildman–Crippen MR) is 117 cm³/mol. The molecule has 1 aliphatic heterocycles. The number of carbonyl (C=O) groups is 1. The first-order chi connectivity index (χ1) is 14.7. The Morgan fingerprint density at radius 1 is 1.17 bits per heavy atom. The Balaban J connectivity index is 1.57. The first kappa shape index (κ1) is 20.8. The number of likely N-dealkylation sites (tertiary alicyclic amines) is 1. The lowest BCUT2D eigenvalue weighted by Gasteiger charge is -2.26. The molecule has 0 N–H and O–H groups in total. The fourth-order valence-electron chi connectivity index (χ4n) is 3.49. The highest BCUT2D eigenvalue weighted by Gasteiger charge is 2.21. The van der Waals surface area contributed by atoms with E-state index in [1.165, 1.54) is 18.2 Å². The highest BCUT2D eigenvalue weighted by atomic mass is 35.5. The molecule has 3 aromatic rings. The van der Waals surface area contributed by atoms with Crippen LogP contribution in [0.2, 0.25) is 5.02 Å². The largest absolute Gasteiger partial charge is 0.339 e. The van der Waals surface area contributed by atoms with Gasteiger partial charge in [0.05, 0.1) is 10.6 Å². The molecule has 4 rings (SSSR count). The summed E-state index contributed by atoms with van der Waals surface area (Å²) >= 11 is 7.85. The third kappa shape index (κ3) is 4.49. The normalized spacial score (nSPS) is 14.1. The van der Waals surface area contributed by atoms with E-state index in [1.54, 1.807) is 24.7 Å². The zero-order valence-corrected chi connectivity index (χ0v) is 18.4. The summed E-state index contributed by atoms with van der Waals surface area (Å²) in [6.07, 6.45) is 9.30. The number of hydrogen-bond acceptors (Lipinski definition) is 6. The van der Waals surface area contributed by atoms with Crippen LogP contribution in [0.5, 0.6) is 0 Å². The maximum atomic E-state index is 12.7. The Kier molecular flexibility index (Phi) is 6.64. The van der Waals surface area contributed by atoms with Gasteiger partial charge in [-0.25, -0.2) is 4.98 Å². The number of carbonyl (C=O) groups excluding carboxylic acids is 1. The summed E-state index contributed by atoms with van der Waals surface area (Å²) in [5.74, 6) is 0.782. The summed E-state index contributed by atoms with van der Waals surface area (Å²) in [5.41, 5.74) is 1.48. The summed E-state index contributed by atoms with van der Waals surface area (Å²) in [5, 5.41) is 10.5. The van der Waals surface area contributed by atoms with E-state index in [9.17, 15) is 4.79 Å². The van der Waals surface area contributed by atoms with Gasteiger partial charge in [0.25, 0.3) is 5.91 Å². The van der Waals surface area contributed by atoms with Crippen molar-refractivity contribution in [2.45, 2.75) is 49.3 Å². The van der Waals surface area contributed by atoms with E-state index in [0.29, 0.717) is 20.8 Å². The van der Waals surface area contributed by atoms with Crippen molar-refractivity contribution in [3.05, 3.63) is 47.4 Å². The van der Waals surface area contributed by atoms with Crippen LogP contribution in [-0.2, 0) is 6.54 Å². The van der Waals surface area contributed by atoms with Crippen LogP contribution in [-0.4, -0.2) is 48.6 Å². The summed E-state index contributed by atoms with van der Waals surface area (Å²) < 4.78 is 2.06. The van der Waals surface area contributed by atoms with E-state index in [0.717, 1.165) is 50.3 Å². The zero-order valence-electron chi connectivity index (χ0n) is 16.8. The first-order valence-electron chi connectivity index (χ1n) is 10.1. The lowest BCUT2D eigenvalue weighted by Crippen LogP contribution is -2.35. The average molecular weight is 443 g/mol. The smallest absolute Gasteiger partial charge is 0.255 e. The van der Waals surface area contributed by atoms with Crippen LogP contribution in [0.3, 0.4) is 0 Å². The quantitative estimate of drug-likeness (QED) is 0.556. The van der Waals surface area contributed by atoms with Crippen LogP contribution in [0.15, 0.2) is 47.0 Å². The van der Waals surface area contributed by atoms with Gasteiger partial charge in [-0.3, -0.25) is 9.78 Å². The molecule has 0 bridgehead atoms. The van der Waals surface area contributed by atoms with Gasteiger partial charge in [-0.2, -0.15) is 0 Å². The molecular formula is C21H23ClN6OS. The van der Waals surface area contributed by atoms with Crippen molar-refractivity contribution in [3.8, 4) is 11.4 Å². The average Bonchev–Trinajstić information content (AvgIpc) is 3.18. The molecule has 0 unspecified atom stereocenters. The maximum absolute atomic E-state index is 12.7. The summed E-state index contributed by atoms with van der Waals surface area (Å²) in [4.78, 5) is 23.1. The van der Waals surface area contributed by atoms with Crippen molar-refractivity contribution in [1.82, 2.24) is 29.6 Å². The Morgan fingerprint density at radius 3 is 2.63 bits per heavy atom. The molecule has 1 saturated heterocycles. The van der Waals surface area contributed by atoms with Crippen LogP contribution in [0.25, 0.3) is 11.4 Å². The minimum absolute atomic E-state index is 0.00484. The number of hydrogen-bond donors (Lipinski definition) is 0. The van der Waals surface area contributed by atoms with Crippen molar-refractivity contribution < 1.29 is 4.79 Å². The Morgan fingerprint density at radius 2 is 1.93 bits per heavy atom. The lowest BCUT2D eigenvalue weighted by atomic mass is 10.1. The highest BCUT2D eigenvalue weighted by molar-refractivity contribution is 7.99. The van der Waals surface area contributed by atoms with Gasteiger partial charge in [-0.1, -0.05) is 18.5 Å². The van der Waals surface area contributed by atoms with E-state index >= 15 is 0 Å². The highest BCUT2D eigenvalue weighted by Crippen LogP contribution is 2.33. The molecule has 3 aromatic heterocycles. The molecule has 0 atom stereocenters. The maximum Gasteiger partial charge on any atom is 0.255 e. The van der Waals surface area contributed by atoms with Gasteiger partial charge in [0, 0.05) is 43.8 Å². The van der Waals surface area contributed by atoms with E-state index in [2.05, 4.69) is 31.7 Å². The molecule has 0 spiro atoms. The number of aromatic nitrogens is 5. The molecular weight excluding hydrogens is 420 g/mol. The van der Waals surface area contributed by atoms with Crippen molar-refractivity contribution >= 4 is 29.3 Å². The van der Waals surface area contributed by atoms with Crippen LogP contribution in [0, 0.1) is 0 Å². The van der Waals surface area contributed by atoms with E-state index in [-0.39, 0.29) is 5.91 Å². The topological polar surface area (TPSA) is 76.8 Å². The lowest BCUT2D eigenvalue weighted by molar-refractivity contribution is 0.0724. The second kappa shape index (κ2) is 9.57. The van der Waals surface area contributed by atoms with Crippen molar-refractivity contribution in [2.75, 3.05) is 13.1 Å². The second-order valence-corrected chi connectivity index (χ2v) is 8.52. The van der Waals surface area contributed by atoms with Gasteiger partial charge in [0.15, 0.2) is 11.0 Å². The zero-order chi connectivity index (χ0) is 20.9. The number of pyridine rings is 2. The molecule has 4 heterocycles. The van der Waals surface area contributed by atoms with Crippen LogP contribution in [0.4, 0.5) is 0 Å². The molecule has 0 aromatic carbocycles. The van der Waals surface area contributed by atoms with E-state index in [4.69, 9.17) is 11.6 Å². The molecule has 0 aliphatic carbocycles. The molecule has 7 nitrogen and oxygen atoms in total. The number of nitrogens with zero attached hydrogens (tertiary/aromatic N) is 6. The van der Waals surface area contributed by atoms with Crippen LogP contribution < -0.4 is 0 Å². The number of halogens is 1. The predicted octanol–water partition coefficient (Wildman–Crippen LogP) is 4.58. The molecule has 0 radical (unpaired) electrons. The molecule has 1 fully saturated rings. The van der Waals surface area contributed by atoms with Gasteiger partial charge < -0.3 is 9.47 Å². The van der Waals surface area contributed by atoms with Gasteiger partial charge in [-0.05, 0) is 55.6 Å². The van der Waals surface area contributed by atoms with Gasteiger partial charge >= 0.3 is 0 Å². The minimum atomic E-state index is -0.00484. The number of amides is 1. The molecule has 1 aliphatic rings. The summed E-state index contributed by atoms with van der Waals surface area (Å²) in [6, 6.07) is 5.53. The molecule has 1 amide bonds. The summed E-state index contributed by atoms with van der Waals surface area (Å²) in [7, 11) is 0. The third-order valence-electron chi connectivity index (χ3n) is 4.99. The second-order valence-electron chi connectivity index (χ2n) is 7.16. The van der Waals surface area contributed by atoms with Crippen molar-refractivity contribution in [1.29, 1.82) is 0 Å².